The number of hydrogen-bond acceptors (Lipinski definition) is 25. The molecule has 0 radical (unpaired) electrons. The van der Waals surface area contributed by atoms with Gasteiger partial charge in [-0.3, -0.25) is 14.0 Å². The van der Waals surface area contributed by atoms with Gasteiger partial charge in [0.15, 0.2) is 11.9 Å². The molecule has 3 fully saturated rings. The monoisotopic (exact) mass is 1310 g/mol. The highest BCUT2D eigenvalue weighted by molar-refractivity contribution is 7.51. The molecule has 4 N–H and O–H groups in total. The van der Waals surface area contributed by atoms with Crippen LogP contribution in [0.5, 0.6) is 0 Å². The van der Waals surface area contributed by atoms with Crippen LogP contribution in [0.3, 0.4) is 0 Å². The topological polar surface area (TPSA) is 343 Å². The van der Waals surface area contributed by atoms with E-state index in [-0.39, 0.29) is 35.7 Å². The first-order valence-corrected chi connectivity index (χ1v) is 33.0. The number of carbonyl (C=O) groups excluding carboxylic acids is 1. The van der Waals surface area contributed by atoms with E-state index in [1.54, 1.807) is 23.9 Å². The molecule has 504 valence electrons. The van der Waals surface area contributed by atoms with Crippen LogP contribution in [-0.4, -0.2) is 291 Å². The minimum absolute atomic E-state index is 0.0217. The van der Waals surface area contributed by atoms with Crippen molar-refractivity contribution in [3.8, 4) is 0 Å². The van der Waals surface area contributed by atoms with Crippen LogP contribution in [0, 0.1) is 5.41 Å². The molecule has 4 aromatic heterocycles. The maximum Gasteiger partial charge on any atom is 0.350 e. The number of anilines is 1. The van der Waals surface area contributed by atoms with Crippen LogP contribution in [0.4, 0.5) is 5.82 Å². The Morgan fingerprint density at radius 2 is 1.26 bits per heavy atom. The maximum absolute atomic E-state index is 13.8. The first-order valence-electron chi connectivity index (χ1n) is 30.8. The molecule has 0 saturated carbocycles. The molecule has 1 spiro atoms. The normalized spacial score (nSPS) is 18.1. The minimum atomic E-state index is -4.37. The number of likely N-dealkylation sites (tertiary alicyclic amines) is 1. The van der Waals surface area contributed by atoms with E-state index in [0.717, 1.165) is 37.8 Å². The standard InChI is InChI=1S/C56H93ClN11O20P/c1-45(69)7-13-75-15-17-77-19-21-79-23-25-81-27-29-83-31-33-85-35-36-86-34-32-84-30-28-82-26-24-80-22-20-78-18-16-76-14-12-67-39-46(61-63-67)5-2-3-10-66-11-6-48(62-66)54(71)64-9-4-8-56(41-64)42-65(43-56)52-47-38-58-68(53(47)60-55(57)59-52)51-37-49(70)50(88-51)40-87-44-89(72,73)74/h6,11,38-39,45,49-51,69-70H,2-5,7-10,12-37,40-44H2,1H3,(H2,72,73,74)/t45?,49-,50+,51+/m0/s1. The molecule has 31 nitrogen and oxygen atoms in total. The Hall–Kier alpha value is -4.03. The SMILES string of the molecule is CC(O)CCOCCOCCOCCOCCOCCOCCOCCOCCOCCOCCOCCOCCn1cc(CCCCn2ccc(C(=O)N3CCCC4(C3)CN(c3nc(Cl)nc5c3cnn5[C@H]3C[C@H](O)[C@@H](COCP(=O)(O)O)O3)C4)n2)nn1. The summed E-state index contributed by atoms with van der Waals surface area (Å²) in [4.78, 5) is 45.0. The third kappa shape index (κ3) is 27.2. The Morgan fingerprint density at radius 1 is 0.719 bits per heavy atom. The quantitative estimate of drug-likeness (QED) is 0.0278. The Bertz CT molecular complexity index is 2620. The lowest BCUT2D eigenvalue weighted by Gasteiger charge is -2.55. The van der Waals surface area contributed by atoms with Crippen molar-refractivity contribution in [2.75, 3.05) is 203 Å². The molecule has 3 aliphatic heterocycles. The molecule has 33 heteroatoms. The van der Waals surface area contributed by atoms with Crippen molar-refractivity contribution in [3.05, 3.63) is 41.3 Å². The van der Waals surface area contributed by atoms with Gasteiger partial charge in [0, 0.05) is 63.6 Å². The maximum atomic E-state index is 13.8. The van der Waals surface area contributed by atoms with Crippen LogP contribution >= 0.6 is 19.2 Å². The van der Waals surface area contributed by atoms with E-state index in [0.29, 0.717) is 227 Å². The number of carbonyl (C=O) groups is 1. The summed E-state index contributed by atoms with van der Waals surface area (Å²) in [7, 11) is -4.37. The van der Waals surface area contributed by atoms with E-state index >= 15 is 0 Å². The van der Waals surface area contributed by atoms with Gasteiger partial charge in [-0.25, -0.2) is 9.36 Å². The molecule has 0 aliphatic carbocycles. The number of amides is 1. The van der Waals surface area contributed by atoms with Crippen molar-refractivity contribution in [1.29, 1.82) is 0 Å². The third-order valence-corrected chi connectivity index (χ3v) is 15.2. The van der Waals surface area contributed by atoms with E-state index in [2.05, 4.69) is 35.4 Å². The Balaban J connectivity index is 0.609. The summed E-state index contributed by atoms with van der Waals surface area (Å²) >= 11 is 6.45. The number of hydrogen-bond donors (Lipinski definition) is 4. The average Bonchev–Trinajstić information content (AvgIpc) is 1.84. The summed E-state index contributed by atoms with van der Waals surface area (Å²) < 4.78 is 93.7. The summed E-state index contributed by atoms with van der Waals surface area (Å²) in [5.41, 5.74) is 1.62. The number of aliphatic hydroxyl groups is 2. The second-order valence-electron chi connectivity index (χ2n) is 21.8. The Kier molecular flexibility index (Phi) is 33.2. The highest BCUT2D eigenvalue weighted by Crippen LogP contribution is 2.44. The van der Waals surface area contributed by atoms with Crippen LogP contribution in [0.1, 0.15) is 67.9 Å². The number of aliphatic hydroxyl groups excluding tert-OH is 2. The zero-order valence-corrected chi connectivity index (χ0v) is 52.9. The van der Waals surface area contributed by atoms with E-state index in [1.807, 2.05) is 22.0 Å². The molecule has 7 heterocycles. The van der Waals surface area contributed by atoms with Crippen molar-refractivity contribution in [3.63, 3.8) is 0 Å². The number of aryl methyl sites for hydroxylation is 2. The predicted molar refractivity (Wildman–Crippen MR) is 319 cm³/mol. The van der Waals surface area contributed by atoms with Crippen molar-refractivity contribution in [1.82, 2.24) is 49.4 Å². The van der Waals surface area contributed by atoms with Gasteiger partial charge in [-0.1, -0.05) is 5.21 Å². The second-order valence-corrected chi connectivity index (χ2v) is 23.7. The van der Waals surface area contributed by atoms with Crippen molar-refractivity contribution >= 4 is 42.0 Å². The summed E-state index contributed by atoms with van der Waals surface area (Å²) in [5, 5.41) is 38.2. The number of rotatable bonds is 51. The lowest BCUT2D eigenvalue weighted by atomic mass is 9.73. The fourth-order valence-electron chi connectivity index (χ4n) is 10.0. The van der Waals surface area contributed by atoms with E-state index in [1.165, 1.54) is 4.68 Å². The van der Waals surface area contributed by atoms with E-state index in [9.17, 15) is 19.6 Å². The smallest absolute Gasteiger partial charge is 0.350 e. The number of ether oxygens (including phenoxy) is 14. The van der Waals surface area contributed by atoms with Gasteiger partial charge in [0.25, 0.3) is 5.91 Å². The fourth-order valence-corrected chi connectivity index (χ4v) is 10.5. The molecule has 3 aliphatic rings. The third-order valence-electron chi connectivity index (χ3n) is 14.5. The van der Waals surface area contributed by atoms with Crippen molar-refractivity contribution in [2.24, 2.45) is 5.41 Å². The highest BCUT2D eigenvalue weighted by atomic mass is 35.5. The van der Waals surface area contributed by atoms with Gasteiger partial charge < -0.3 is 96.1 Å². The number of unbranched alkanes of at least 4 members (excludes halogenated alkanes) is 1. The van der Waals surface area contributed by atoms with Crippen molar-refractivity contribution in [2.45, 2.75) is 89.5 Å². The summed E-state index contributed by atoms with van der Waals surface area (Å²) in [6, 6.07) is 1.79. The lowest BCUT2D eigenvalue weighted by molar-refractivity contribution is -0.0596. The van der Waals surface area contributed by atoms with Gasteiger partial charge in [0.05, 0.1) is 195 Å². The van der Waals surface area contributed by atoms with E-state index in [4.69, 9.17) is 87.7 Å². The van der Waals surface area contributed by atoms with Crippen LogP contribution in [0.2, 0.25) is 5.28 Å². The largest absolute Gasteiger partial charge is 0.393 e. The molecule has 4 atom stereocenters. The van der Waals surface area contributed by atoms with Crippen LogP contribution < -0.4 is 4.90 Å². The molecular weight excluding hydrogens is 1210 g/mol. The van der Waals surface area contributed by atoms with Gasteiger partial charge in [0.2, 0.25) is 5.28 Å². The van der Waals surface area contributed by atoms with Gasteiger partial charge in [0.1, 0.15) is 24.0 Å². The van der Waals surface area contributed by atoms with Gasteiger partial charge >= 0.3 is 7.60 Å². The molecule has 0 aromatic carbocycles. The molecule has 7 rings (SSSR count). The number of nitrogens with zero attached hydrogens (tertiary/aromatic N) is 11. The predicted octanol–water partition coefficient (Wildman–Crippen LogP) is 1.80. The molecule has 89 heavy (non-hydrogen) atoms. The molecule has 1 unspecified atom stereocenters. The fraction of sp³-hybridized carbons (Fsp3) is 0.804. The van der Waals surface area contributed by atoms with Crippen molar-refractivity contribution < 1.29 is 95.7 Å². The zero-order chi connectivity index (χ0) is 62.8. The first kappa shape index (κ1) is 72.4. The molecule has 3 saturated heterocycles. The van der Waals surface area contributed by atoms with Gasteiger partial charge in [-0.15, -0.1) is 5.10 Å². The summed E-state index contributed by atoms with van der Waals surface area (Å²) in [6.45, 7) is 16.9. The van der Waals surface area contributed by atoms with Gasteiger partial charge in [-0.2, -0.15) is 20.2 Å². The summed E-state index contributed by atoms with van der Waals surface area (Å²) in [6.07, 6.45) is 6.92. The highest BCUT2D eigenvalue weighted by Gasteiger charge is 2.48. The first-order chi connectivity index (χ1) is 43.3. The molecular formula is C56H93ClN11O20P. The number of fused-ring (bicyclic) bond motifs is 1. The van der Waals surface area contributed by atoms with Crippen LogP contribution in [0.25, 0.3) is 11.0 Å². The number of aromatic nitrogens is 9. The summed E-state index contributed by atoms with van der Waals surface area (Å²) in [5.74, 6) is 0.526. The molecule has 0 bridgehead atoms. The average molecular weight is 1310 g/mol. The van der Waals surface area contributed by atoms with Crippen LogP contribution in [-0.2, 0) is 90.4 Å². The Morgan fingerprint density at radius 3 is 1.80 bits per heavy atom. The second kappa shape index (κ2) is 40.8. The Labute approximate surface area is 524 Å². The number of halogens is 1. The molecule has 1 amide bonds. The van der Waals surface area contributed by atoms with Crippen LogP contribution in [0.15, 0.2) is 24.7 Å². The molecule has 4 aromatic rings. The van der Waals surface area contributed by atoms with E-state index < -0.39 is 32.4 Å². The lowest BCUT2D eigenvalue weighted by Crippen LogP contribution is -2.64. The minimum Gasteiger partial charge on any atom is -0.393 e. The van der Waals surface area contributed by atoms with Gasteiger partial charge in [-0.05, 0) is 63.1 Å². The number of piperidine rings is 1. The zero-order valence-electron chi connectivity index (χ0n) is 51.3.